The predicted molar refractivity (Wildman–Crippen MR) is 76.4 cm³/mol. The van der Waals surface area contributed by atoms with Gasteiger partial charge in [0.15, 0.2) is 11.6 Å². The van der Waals surface area contributed by atoms with Gasteiger partial charge in [-0.1, -0.05) is 6.92 Å². The third-order valence-electron chi connectivity index (χ3n) is 2.93. The molecule has 1 heterocycles. The first-order valence-corrected chi connectivity index (χ1v) is 6.55. The predicted octanol–water partition coefficient (Wildman–Crippen LogP) is 3.12. The van der Waals surface area contributed by atoms with Crippen molar-refractivity contribution < 1.29 is 9.13 Å². The van der Waals surface area contributed by atoms with Gasteiger partial charge in [0.25, 0.3) is 0 Å². The van der Waals surface area contributed by atoms with Gasteiger partial charge in [-0.2, -0.15) is 10.2 Å². The van der Waals surface area contributed by atoms with Crippen molar-refractivity contribution in [1.82, 2.24) is 9.97 Å². The van der Waals surface area contributed by atoms with Crippen LogP contribution in [0.3, 0.4) is 0 Å². The van der Waals surface area contributed by atoms with E-state index in [1.54, 1.807) is 6.92 Å². The molecule has 0 bridgehead atoms. The Labute approximate surface area is 122 Å². The first-order chi connectivity index (χ1) is 10.0. The lowest BCUT2D eigenvalue weighted by Gasteiger charge is -2.11. The molecule has 5 nitrogen and oxygen atoms in total. The lowest BCUT2D eigenvalue weighted by atomic mass is 10.2. The van der Waals surface area contributed by atoms with Gasteiger partial charge in [-0.3, -0.25) is 0 Å². The van der Waals surface area contributed by atoms with Gasteiger partial charge >= 0.3 is 0 Å². The minimum atomic E-state index is -0.623. The Morgan fingerprint density at radius 3 is 2.76 bits per heavy atom. The van der Waals surface area contributed by atoms with Crippen LogP contribution in [0.5, 0.6) is 11.6 Å². The molecule has 21 heavy (non-hydrogen) atoms. The van der Waals surface area contributed by atoms with Crippen LogP contribution in [-0.2, 0) is 6.42 Å². The Balaban J connectivity index is 2.37. The van der Waals surface area contributed by atoms with Gasteiger partial charge in [0.2, 0.25) is 5.88 Å². The third-order valence-corrected chi connectivity index (χ3v) is 2.93. The molecule has 0 aliphatic rings. The molecule has 2 N–H and O–H groups in total. The maximum atomic E-state index is 13.9. The van der Waals surface area contributed by atoms with Gasteiger partial charge in [-0.15, -0.1) is 0 Å². The third kappa shape index (κ3) is 3.26. The number of nitrogens with two attached hydrogens (primary N) is 1. The Morgan fingerprint density at radius 1 is 1.38 bits per heavy atom. The molecule has 0 unspecified atom stereocenters. The van der Waals surface area contributed by atoms with Crippen molar-refractivity contribution in [3.63, 3.8) is 0 Å². The summed E-state index contributed by atoms with van der Waals surface area (Å²) in [7, 11) is 0. The van der Waals surface area contributed by atoms with Crippen LogP contribution < -0.4 is 10.5 Å². The summed E-state index contributed by atoms with van der Waals surface area (Å²) in [5.41, 5.74) is 6.60. The molecule has 2 aromatic rings. The quantitative estimate of drug-likeness (QED) is 0.933. The summed E-state index contributed by atoms with van der Waals surface area (Å²) in [6, 6.07) is 5.85. The van der Waals surface area contributed by atoms with Gasteiger partial charge in [0.05, 0.1) is 17.2 Å². The van der Waals surface area contributed by atoms with E-state index in [2.05, 4.69) is 9.97 Å². The number of benzene rings is 1. The topological polar surface area (TPSA) is 84.8 Å². The monoisotopic (exact) mass is 286 g/mol. The lowest BCUT2D eigenvalue weighted by Crippen LogP contribution is -2.05. The fourth-order valence-electron chi connectivity index (χ4n) is 1.75. The van der Waals surface area contributed by atoms with Crippen molar-refractivity contribution in [2.45, 2.75) is 26.7 Å². The summed E-state index contributed by atoms with van der Waals surface area (Å²) in [5, 5.41) is 8.72. The van der Waals surface area contributed by atoms with Crippen molar-refractivity contribution in [3.05, 3.63) is 41.0 Å². The average Bonchev–Trinajstić information content (AvgIpc) is 2.46. The van der Waals surface area contributed by atoms with Crippen LogP contribution in [0.25, 0.3) is 0 Å². The molecule has 0 aliphatic carbocycles. The molecule has 0 atom stereocenters. The second-order valence-corrected chi connectivity index (χ2v) is 4.56. The molecule has 0 saturated heterocycles. The number of nitriles is 1. The van der Waals surface area contributed by atoms with Crippen molar-refractivity contribution in [2.24, 2.45) is 0 Å². The molecule has 2 rings (SSSR count). The van der Waals surface area contributed by atoms with Crippen molar-refractivity contribution in [1.29, 1.82) is 5.26 Å². The number of ether oxygens (including phenoxy) is 1. The van der Waals surface area contributed by atoms with Crippen LogP contribution in [0.15, 0.2) is 18.2 Å². The molecule has 0 aliphatic heterocycles. The molecule has 0 saturated carbocycles. The number of nitrogens with zero attached hydrogens (tertiary/aromatic N) is 3. The number of rotatable bonds is 4. The SMILES string of the molecule is CCCc1nc(N)c(C)c(Oc2ccc(C#N)cc2F)n1. The number of aromatic nitrogens is 2. The van der Waals surface area contributed by atoms with E-state index in [0.717, 1.165) is 12.5 Å². The maximum absolute atomic E-state index is 13.9. The van der Waals surface area contributed by atoms with Crippen LogP contribution in [0.1, 0.15) is 30.3 Å². The molecule has 1 aromatic heterocycles. The summed E-state index contributed by atoms with van der Waals surface area (Å²) < 4.78 is 19.3. The zero-order chi connectivity index (χ0) is 15.4. The number of aryl methyl sites for hydroxylation is 1. The fourth-order valence-corrected chi connectivity index (χ4v) is 1.75. The molecule has 0 amide bonds. The molecule has 108 valence electrons. The van der Waals surface area contributed by atoms with Crippen molar-refractivity contribution in [2.75, 3.05) is 5.73 Å². The average molecular weight is 286 g/mol. The summed E-state index contributed by atoms with van der Waals surface area (Å²) in [4.78, 5) is 8.42. The molecular formula is C15H15FN4O. The highest BCUT2D eigenvalue weighted by Crippen LogP contribution is 2.28. The summed E-state index contributed by atoms with van der Waals surface area (Å²) in [5.74, 6) is 0.483. The summed E-state index contributed by atoms with van der Waals surface area (Å²) >= 11 is 0. The van der Waals surface area contributed by atoms with Gasteiger partial charge < -0.3 is 10.5 Å². The van der Waals surface area contributed by atoms with Crippen molar-refractivity contribution in [3.8, 4) is 17.7 Å². The van der Waals surface area contributed by atoms with E-state index in [0.29, 0.717) is 23.6 Å². The molecule has 0 radical (unpaired) electrons. The standard InChI is InChI=1S/C15H15FN4O/c1-3-4-13-19-14(18)9(2)15(20-13)21-12-6-5-10(8-17)7-11(12)16/h5-7H,3-4H2,1-2H3,(H2,18,19,20). The van der Waals surface area contributed by atoms with Crippen molar-refractivity contribution >= 4 is 5.82 Å². The smallest absolute Gasteiger partial charge is 0.227 e. The number of nitrogen functional groups attached to an aromatic ring is 1. The molecule has 6 heteroatoms. The number of anilines is 1. The first kappa shape index (κ1) is 14.7. The Hall–Kier alpha value is -2.68. The highest BCUT2D eigenvalue weighted by Gasteiger charge is 2.13. The minimum absolute atomic E-state index is 0.00218. The first-order valence-electron chi connectivity index (χ1n) is 6.55. The normalized spacial score (nSPS) is 10.2. The van der Waals surface area contributed by atoms with E-state index in [9.17, 15) is 4.39 Å². The number of hydrogen-bond acceptors (Lipinski definition) is 5. The molecule has 1 aromatic carbocycles. The second-order valence-electron chi connectivity index (χ2n) is 4.56. The Bertz CT molecular complexity index is 710. The maximum Gasteiger partial charge on any atom is 0.227 e. The zero-order valence-corrected chi connectivity index (χ0v) is 11.9. The van der Waals surface area contributed by atoms with Crippen LogP contribution in [-0.4, -0.2) is 9.97 Å². The van der Waals surface area contributed by atoms with Crippen LogP contribution in [0.4, 0.5) is 10.2 Å². The zero-order valence-electron chi connectivity index (χ0n) is 11.9. The van der Waals surface area contributed by atoms with E-state index >= 15 is 0 Å². The second kappa shape index (κ2) is 6.18. The van der Waals surface area contributed by atoms with Gasteiger partial charge in [0, 0.05) is 6.42 Å². The fraction of sp³-hybridized carbons (Fsp3) is 0.267. The van der Waals surface area contributed by atoms with E-state index in [4.69, 9.17) is 15.7 Å². The Kier molecular flexibility index (Phi) is 4.33. The molecule has 0 spiro atoms. The van der Waals surface area contributed by atoms with E-state index in [1.165, 1.54) is 12.1 Å². The Morgan fingerprint density at radius 2 is 2.14 bits per heavy atom. The largest absolute Gasteiger partial charge is 0.435 e. The molecular weight excluding hydrogens is 271 g/mol. The molecule has 0 fully saturated rings. The van der Waals surface area contributed by atoms with E-state index in [-0.39, 0.29) is 17.2 Å². The highest BCUT2D eigenvalue weighted by molar-refractivity contribution is 5.46. The van der Waals surface area contributed by atoms with Gasteiger partial charge in [-0.25, -0.2) is 9.37 Å². The van der Waals surface area contributed by atoms with Gasteiger partial charge in [-0.05, 0) is 31.5 Å². The van der Waals surface area contributed by atoms with Gasteiger partial charge in [0.1, 0.15) is 11.6 Å². The summed E-state index contributed by atoms with van der Waals surface area (Å²) in [6.07, 6.45) is 1.53. The number of halogens is 1. The van der Waals surface area contributed by atoms with E-state index in [1.807, 2.05) is 13.0 Å². The minimum Gasteiger partial charge on any atom is -0.435 e. The van der Waals surface area contributed by atoms with Crippen LogP contribution >= 0.6 is 0 Å². The number of hydrogen-bond donors (Lipinski definition) is 1. The highest BCUT2D eigenvalue weighted by atomic mass is 19.1. The summed E-state index contributed by atoms with van der Waals surface area (Å²) in [6.45, 7) is 3.71. The van der Waals surface area contributed by atoms with Crippen LogP contribution in [0.2, 0.25) is 0 Å². The van der Waals surface area contributed by atoms with Crippen LogP contribution in [0, 0.1) is 24.1 Å². The lowest BCUT2D eigenvalue weighted by molar-refractivity contribution is 0.421. The van der Waals surface area contributed by atoms with E-state index < -0.39 is 5.82 Å².